The summed E-state index contributed by atoms with van der Waals surface area (Å²) in [5.74, 6) is 0.620. The lowest BCUT2D eigenvalue weighted by Gasteiger charge is -2.30. The van der Waals surface area contributed by atoms with Crippen LogP contribution in [0.25, 0.3) is 0 Å². The molecule has 116 valence electrons. The van der Waals surface area contributed by atoms with Crippen molar-refractivity contribution in [1.29, 1.82) is 0 Å². The van der Waals surface area contributed by atoms with Gasteiger partial charge in [0.1, 0.15) is 0 Å². The highest BCUT2D eigenvalue weighted by atomic mass is 16.2. The molecule has 0 bridgehead atoms. The summed E-state index contributed by atoms with van der Waals surface area (Å²) in [7, 11) is 0. The van der Waals surface area contributed by atoms with Gasteiger partial charge in [-0.15, -0.1) is 0 Å². The van der Waals surface area contributed by atoms with E-state index in [1.807, 2.05) is 29.2 Å². The number of carbonyl (C=O) groups excluding carboxylic acids is 1. The SMILES string of the molecule is CC(CC(=O)N(c1ccc(CN)cc1)C1CC1)C(C)(C)C. The van der Waals surface area contributed by atoms with Crippen LogP contribution in [0.3, 0.4) is 0 Å². The number of nitrogens with zero attached hydrogens (tertiary/aromatic N) is 1. The topological polar surface area (TPSA) is 46.3 Å². The van der Waals surface area contributed by atoms with Crippen LogP contribution in [0.5, 0.6) is 0 Å². The molecule has 2 rings (SSSR count). The third-order valence-electron chi connectivity index (χ3n) is 4.59. The van der Waals surface area contributed by atoms with Crippen molar-refractivity contribution in [3.05, 3.63) is 29.8 Å². The van der Waals surface area contributed by atoms with Gasteiger partial charge < -0.3 is 10.6 Å². The molecule has 1 aliphatic carbocycles. The maximum Gasteiger partial charge on any atom is 0.227 e. The predicted molar refractivity (Wildman–Crippen MR) is 88.1 cm³/mol. The molecular formula is C18H28N2O. The van der Waals surface area contributed by atoms with Crippen molar-refractivity contribution in [3.8, 4) is 0 Å². The van der Waals surface area contributed by atoms with E-state index in [0.29, 0.717) is 24.9 Å². The molecule has 3 heteroatoms. The molecule has 1 aromatic rings. The highest BCUT2D eigenvalue weighted by Gasteiger charge is 2.35. The number of benzene rings is 1. The van der Waals surface area contributed by atoms with Crippen molar-refractivity contribution in [3.63, 3.8) is 0 Å². The summed E-state index contributed by atoms with van der Waals surface area (Å²) < 4.78 is 0. The van der Waals surface area contributed by atoms with Gasteiger partial charge in [0.25, 0.3) is 0 Å². The lowest BCUT2D eigenvalue weighted by molar-refractivity contribution is -0.120. The zero-order valence-corrected chi connectivity index (χ0v) is 13.7. The van der Waals surface area contributed by atoms with Crippen LogP contribution in [-0.4, -0.2) is 11.9 Å². The van der Waals surface area contributed by atoms with E-state index in [2.05, 4.69) is 27.7 Å². The second-order valence-corrected chi connectivity index (χ2v) is 7.34. The quantitative estimate of drug-likeness (QED) is 0.897. The number of rotatable bonds is 5. The third-order valence-corrected chi connectivity index (χ3v) is 4.59. The van der Waals surface area contributed by atoms with Crippen LogP contribution >= 0.6 is 0 Å². The maximum absolute atomic E-state index is 12.7. The molecule has 0 spiro atoms. The number of hydrogen-bond acceptors (Lipinski definition) is 2. The van der Waals surface area contributed by atoms with Crippen molar-refractivity contribution in [2.24, 2.45) is 17.1 Å². The molecule has 3 nitrogen and oxygen atoms in total. The summed E-state index contributed by atoms with van der Waals surface area (Å²) in [6.45, 7) is 9.30. The van der Waals surface area contributed by atoms with E-state index < -0.39 is 0 Å². The number of anilines is 1. The lowest BCUT2D eigenvalue weighted by Crippen LogP contribution is -2.35. The Hall–Kier alpha value is -1.35. The van der Waals surface area contributed by atoms with E-state index in [9.17, 15) is 4.79 Å². The van der Waals surface area contributed by atoms with Crippen molar-refractivity contribution >= 4 is 11.6 Å². The molecule has 0 aromatic heterocycles. The second kappa shape index (κ2) is 6.18. The fourth-order valence-corrected chi connectivity index (χ4v) is 2.35. The van der Waals surface area contributed by atoms with Crippen molar-refractivity contribution < 1.29 is 4.79 Å². The fourth-order valence-electron chi connectivity index (χ4n) is 2.35. The highest BCUT2D eigenvalue weighted by Crippen LogP contribution is 2.35. The number of carbonyl (C=O) groups is 1. The Balaban J connectivity index is 2.13. The van der Waals surface area contributed by atoms with Crippen LogP contribution in [0.2, 0.25) is 0 Å². The van der Waals surface area contributed by atoms with Crippen molar-refractivity contribution in [1.82, 2.24) is 0 Å². The summed E-state index contributed by atoms with van der Waals surface area (Å²) >= 11 is 0. The first-order valence-corrected chi connectivity index (χ1v) is 7.94. The van der Waals surface area contributed by atoms with E-state index in [1.165, 1.54) is 0 Å². The number of hydrogen-bond donors (Lipinski definition) is 1. The first-order valence-electron chi connectivity index (χ1n) is 7.94. The van der Waals surface area contributed by atoms with Crippen LogP contribution in [0.1, 0.15) is 52.5 Å². The van der Waals surface area contributed by atoms with Crippen molar-refractivity contribution in [2.45, 2.75) is 59.5 Å². The Kier molecular flexibility index (Phi) is 4.72. The summed E-state index contributed by atoms with van der Waals surface area (Å²) in [5.41, 5.74) is 7.92. The molecule has 21 heavy (non-hydrogen) atoms. The summed E-state index contributed by atoms with van der Waals surface area (Å²) in [5, 5.41) is 0. The molecule has 1 atom stereocenters. The average molecular weight is 288 g/mol. The monoisotopic (exact) mass is 288 g/mol. The van der Waals surface area contributed by atoms with Gasteiger partial charge in [0.05, 0.1) is 0 Å². The smallest absolute Gasteiger partial charge is 0.227 e. The van der Waals surface area contributed by atoms with E-state index in [0.717, 1.165) is 24.1 Å². The van der Waals surface area contributed by atoms with Gasteiger partial charge >= 0.3 is 0 Å². The molecule has 2 N–H and O–H groups in total. The molecule has 1 unspecified atom stereocenters. The van der Waals surface area contributed by atoms with Gasteiger partial charge in [0.2, 0.25) is 5.91 Å². The maximum atomic E-state index is 12.7. The lowest BCUT2D eigenvalue weighted by atomic mass is 9.80. The first kappa shape index (κ1) is 16.0. The zero-order valence-electron chi connectivity index (χ0n) is 13.7. The van der Waals surface area contributed by atoms with E-state index >= 15 is 0 Å². The minimum absolute atomic E-state index is 0.161. The first-order chi connectivity index (χ1) is 9.82. The Morgan fingerprint density at radius 3 is 2.29 bits per heavy atom. The molecular weight excluding hydrogens is 260 g/mol. The third kappa shape index (κ3) is 4.07. The van der Waals surface area contributed by atoms with E-state index in [1.54, 1.807) is 0 Å². The highest BCUT2D eigenvalue weighted by molar-refractivity contribution is 5.94. The fraction of sp³-hybridized carbons (Fsp3) is 0.611. The van der Waals surface area contributed by atoms with Gasteiger partial charge in [-0.2, -0.15) is 0 Å². The largest absolute Gasteiger partial charge is 0.326 e. The van der Waals surface area contributed by atoms with Crippen LogP contribution in [0.4, 0.5) is 5.69 Å². The van der Waals surface area contributed by atoms with Crippen LogP contribution in [-0.2, 0) is 11.3 Å². The molecule has 1 saturated carbocycles. The molecule has 1 aromatic carbocycles. The standard InChI is InChI=1S/C18H28N2O/c1-13(18(2,3)4)11-17(21)20(16-9-10-16)15-7-5-14(12-19)6-8-15/h5-8,13,16H,9-12,19H2,1-4H3. The Morgan fingerprint density at radius 1 is 1.29 bits per heavy atom. The molecule has 0 heterocycles. The van der Waals surface area contributed by atoms with Gasteiger partial charge in [0, 0.05) is 24.7 Å². The molecule has 0 radical (unpaired) electrons. The van der Waals surface area contributed by atoms with Crippen molar-refractivity contribution in [2.75, 3.05) is 4.90 Å². The average Bonchev–Trinajstić information content (AvgIpc) is 3.23. The van der Waals surface area contributed by atoms with Gasteiger partial charge in [-0.05, 0) is 41.9 Å². The number of amides is 1. The van der Waals surface area contributed by atoms with Crippen LogP contribution in [0.15, 0.2) is 24.3 Å². The summed E-state index contributed by atoms with van der Waals surface area (Å²) in [4.78, 5) is 14.7. The molecule has 1 fully saturated rings. The van der Waals surface area contributed by atoms with Crippen LogP contribution in [0, 0.1) is 11.3 Å². The van der Waals surface area contributed by atoms with E-state index in [4.69, 9.17) is 5.73 Å². The van der Waals surface area contributed by atoms with Gasteiger partial charge in [-0.1, -0.05) is 39.8 Å². The summed E-state index contributed by atoms with van der Waals surface area (Å²) in [6, 6.07) is 8.49. The predicted octanol–water partition coefficient (Wildman–Crippen LogP) is 3.71. The zero-order chi connectivity index (χ0) is 15.6. The van der Waals surface area contributed by atoms with Gasteiger partial charge in [-0.3, -0.25) is 4.79 Å². The Morgan fingerprint density at radius 2 is 1.86 bits per heavy atom. The summed E-state index contributed by atoms with van der Waals surface area (Å²) in [6.07, 6.45) is 2.85. The molecule has 1 aliphatic rings. The van der Waals surface area contributed by atoms with Gasteiger partial charge in [0.15, 0.2) is 0 Å². The Labute approximate surface area is 128 Å². The van der Waals surface area contributed by atoms with Gasteiger partial charge in [-0.25, -0.2) is 0 Å². The molecule has 0 aliphatic heterocycles. The Bertz CT molecular complexity index is 483. The minimum atomic E-state index is 0.161. The molecule has 0 saturated heterocycles. The minimum Gasteiger partial charge on any atom is -0.326 e. The normalized spacial score (nSPS) is 16.6. The number of nitrogens with two attached hydrogens (primary N) is 1. The van der Waals surface area contributed by atoms with E-state index in [-0.39, 0.29) is 11.3 Å². The second-order valence-electron chi connectivity index (χ2n) is 7.34. The molecule has 1 amide bonds. The van der Waals surface area contributed by atoms with Crippen LogP contribution < -0.4 is 10.6 Å².